The van der Waals surface area contributed by atoms with Gasteiger partial charge in [0.1, 0.15) is 0 Å². The molecule has 2 N–H and O–H groups in total. The molecule has 0 aliphatic carbocycles. The number of aromatic nitrogens is 2. The second-order valence-electron chi connectivity index (χ2n) is 4.31. The Kier molecular flexibility index (Phi) is 2.57. The van der Waals surface area contributed by atoms with Crippen molar-refractivity contribution < 1.29 is 4.52 Å². The summed E-state index contributed by atoms with van der Waals surface area (Å²) >= 11 is 0. The van der Waals surface area contributed by atoms with E-state index in [1.807, 2.05) is 37.3 Å². The van der Waals surface area contributed by atoms with E-state index >= 15 is 0 Å². The maximum atomic E-state index is 5.70. The molecule has 0 spiro atoms. The predicted molar refractivity (Wildman–Crippen MR) is 69.8 cm³/mol. The van der Waals surface area contributed by atoms with Gasteiger partial charge in [0.2, 0.25) is 11.7 Å². The molecule has 0 saturated carbocycles. The molecule has 0 bridgehead atoms. The lowest BCUT2D eigenvalue weighted by Gasteiger charge is -1.99. The SMILES string of the molecule is CC(N)c1nc(-c2ccc3ccccc3c2)no1. The lowest BCUT2D eigenvalue weighted by molar-refractivity contribution is 0.362. The number of hydrogen-bond donors (Lipinski definition) is 1. The van der Waals surface area contributed by atoms with Crippen molar-refractivity contribution in [3.05, 3.63) is 48.4 Å². The molecule has 90 valence electrons. The van der Waals surface area contributed by atoms with Gasteiger partial charge in [0, 0.05) is 5.56 Å². The van der Waals surface area contributed by atoms with Gasteiger partial charge in [-0.15, -0.1) is 0 Å². The summed E-state index contributed by atoms with van der Waals surface area (Å²) in [4.78, 5) is 4.28. The van der Waals surface area contributed by atoms with Crippen LogP contribution in [0.15, 0.2) is 47.0 Å². The van der Waals surface area contributed by atoms with E-state index < -0.39 is 0 Å². The molecule has 3 rings (SSSR count). The van der Waals surface area contributed by atoms with Crippen LogP contribution >= 0.6 is 0 Å². The van der Waals surface area contributed by atoms with Gasteiger partial charge in [-0.2, -0.15) is 4.98 Å². The fourth-order valence-electron chi connectivity index (χ4n) is 1.87. The minimum Gasteiger partial charge on any atom is -0.337 e. The molecule has 1 heterocycles. The number of fused-ring (bicyclic) bond motifs is 1. The standard InChI is InChI=1S/C14H13N3O/c1-9(15)14-16-13(17-18-14)12-7-6-10-4-2-3-5-11(10)8-12/h2-9H,15H2,1H3. The topological polar surface area (TPSA) is 64.9 Å². The van der Waals surface area contributed by atoms with Crippen molar-refractivity contribution in [3.63, 3.8) is 0 Å². The van der Waals surface area contributed by atoms with Crippen molar-refractivity contribution in [2.24, 2.45) is 5.73 Å². The Labute approximate surface area is 104 Å². The molecule has 0 fully saturated rings. The number of rotatable bonds is 2. The monoisotopic (exact) mass is 239 g/mol. The van der Waals surface area contributed by atoms with Gasteiger partial charge in [0.15, 0.2) is 0 Å². The van der Waals surface area contributed by atoms with Crippen LogP contribution in [0.25, 0.3) is 22.2 Å². The second-order valence-corrected chi connectivity index (χ2v) is 4.31. The van der Waals surface area contributed by atoms with Crippen molar-refractivity contribution in [3.8, 4) is 11.4 Å². The fourth-order valence-corrected chi connectivity index (χ4v) is 1.87. The highest BCUT2D eigenvalue weighted by atomic mass is 16.5. The van der Waals surface area contributed by atoms with Crippen LogP contribution in [0.2, 0.25) is 0 Å². The van der Waals surface area contributed by atoms with Crippen molar-refractivity contribution in [2.75, 3.05) is 0 Å². The van der Waals surface area contributed by atoms with Gasteiger partial charge in [-0.05, 0) is 23.8 Å². The number of nitrogens with zero attached hydrogens (tertiary/aromatic N) is 2. The van der Waals surface area contributed by atoms with Gasteiger partial charge in [-0.25, -0.2) is 0 Å². The second kappa shape index (κ2) is 4.23. The van der Waals surface area contributed by atoms with Crippen LogP contribution in [-0.4, -0.2) is 10.1 Å². The number of nitrogens with two attached hydrogens (primary N) is 1. The molecule has 1 atom stereocenters. The normalized spacial score (nSPS) is 12.8. The predicted octanol–water partition coefficient (Wildman–Crippen LogP) is 2.91. The molecule has 3 aromatic rings. The summed E-state index contributed by atoms with van der Waals surface area (Å²) in [6, 6.07) is 14.0. The van der Waals surface area contributed by atoms with Crippen LogP contribution < -0.4 is 5.73 Å². The molecule has 0 aliphatic heterocycles. The van der Waals surface area contributed by atoms with Crippen molar-refractivity contribution >= 4 is 10.8 Å². The zero-order valence-electron chi connectivity index (χ0n) is 10.00. The van der Waals surface area contributed by atoms with Gasteiger partial charge in [0.25, 0.3) is 0 Å². The van der Waals surface area contributed by atoms with E-state index in [0.717, 1.165) is 10.9 Å². The van der Waals surface area contributed by atoms with Gasteiger partial charge in [-0.1, -0.05) is 41.6 Å². The summed E-state index contributed by atoms with van der Waals surface area (Å²) in [6.45, 7) is 1.82. The smallest absolute Gasteiger partial charge is 0.243 e. The molecular weight excluding hydrogens is 226 g/mol. The average Bonchev–Trinajstić information content (AvgIpc) is 2.88. The molecule has 1 unspecified atom stereocenters. The third-order valence-electron chi connectivity index (χ3n) is 2.84. The van der Waals surface area contributed by atoms with E-state index in [4.69, 9.17) is 10.3 Å². The highest BCUT2D eigenvalue weighted by Gasteiger charge is 2.11. The van der Waals surface area contributed by atoms with Crippen LogP contribution in [0.5, 0.6) is 0 Å². The molecule has 0 aliphatic rings. The highest BCUT2D eigenvalue weighted by Crippen LogP contribution is 2.23. The van der Waals surface area contributed by atoms with E-state index in [1.54, 1.807) is 0 Å². The Hall–Kier alpha value is -2.20. The maximum Gasteiger partial charge on any atom is 0.243 e. The summed E-state index contributed by atoms with van der Waals surface area (Å²) in [5, 5.41) is 6.29. The largest absolute Gasteiger partial charge is 0.337 e. The van der Waals surface area contributed by atoms with Crippen LogP contribution in [0.1, 0.15) is 18.9 Å². The molecular formula is C14H13N3O. The third kappa shape index (κ3) is 1.87. The summed E-state index contributed by atoms with van der Waals surface area (Å²) in [5.41, 5.74) is 6.63. The van der Waals surface area contributed by atoms with Gasteiger partial charge in [0.05, 0.1) is 6.04 Å². The first-order chi connectivity index (χ1) is 8.74. The molecule has 0 saturated heterocycles. The minimum absolute atomic E-state index is 0.244. The summed E-state index contributed by atoms with van der Waals surface area (Å²) in [6.07, 6.45) is 0. The molecule has 18 heavy (non-hydrogen) atoms. The zero-order chi connectivity index (χ0) is 12.5. The molecule has 4 heteroatoms. The van der Waals surface area contributed by atoms with Crippen LogP contribution in [0.3, 0.4) is 0 Å². The summed E-state index contributed by atoms with van der Waals surface area (Å²) in [5.74, 6) is 1.03. The molecule has 4 nitrogen and oxygen atoms in total. The summed E-state index contributed by atoms with van der Waals surface area (Å²) in [7, 11) is 0. The first kappa shape index (κ1) is 10.9. The first-order valence-corrected chi connectivity index (χ1v) is 5.82. The van der Waals surface area contributed by atoms with E-state index in [-0.39, 0.29) is 6.04 Å². The lowest BCUT2D eigenvalue weighted by atomic mass is 10.1. The zero-order valence-corrected chi connectivity index (χ0v) is 10.00. The molecule has 0 amide bonds. The average molecular weight is 239 g/mol. The Morgan fingerprint density at radius 1 is 1.11 bits per heavy atom. The molecule has 1 aromatic heterocycles. The Morgan fingerprint density at radius 2 is 1.89 bits per heavy atom. The Balaban J connectivity index is 2.07. The van der Waals surface area contributed by atoms with E-state index in [9.17, 15) is 0 Å². The van der Waals surface area contributed by atoms with Gasteiger partial charge in [-0.3, -0.25) is 0 Å². The Morgan fingerprint density at radius 3 is 2.61 bits per heavy atom. The number of benzene rings is 2. The number of hydrogen-bond acceptors (Lipinski definition) is 4. The molecule has 2 aromatic carbocycles. The highest BCUT2D eigenvalue weighted by molar-refractivity contribution is 5.86. The summed E-state index contributed by atoms with van der Waals surface area (Å²) < 4.78 is 5.11. The van der Waals surface area contributed by atoms with Crippen molar-refractivity contribution in [2.45, 2.75) is 13.0 Å². The molecule has 0 radical (unpaired) electrons. The first-order valence-electron chi connectivity index (χ1n) is 5.82. The quantitative estimate of drug-likeness (QED) is 0.746. The van der Waals surface area contributed by atoms with Crippen LogP contribution in [-0.2, 0) is 0 Å². The van der Waals surface area contributed by atoms with Gasteiger partial charge < -0.3 is 10.3 Å². The minimum atomic E-state index is -0.244. The van der Waals surface area contributed by atoms with E-state index in [2.05, 4.69) is 22.3 Å². The Bertz CT molecular complexity index is 688. The van der Waals surface area contributed by atoms with E-state index in [1.165, 1.54) is 5.39 Å². The van der Waals surface area contributed by atoms with Crippen LogP contribution in [0.4, 0.5) is 0 Å². The van der Waals surface area contributed by atoms with Gasteiger partial charge >= 0.3 is 0 Å². The third-order valence-corrected chi connectivity index (χ3v) is 2.84. The fraction of sp³-hybridized carbons (Fsp3) is 0.143. The van der Waals surface area contributed by atoms with E-state index in [0.29, 0.717) is 11.7 Å². The van der Waals surface area contributed by atoms with Crippen molar-refractivity contribution in [1.29, 1.82) is 0 Å². The lowest BCUT2D eigenvalue weighted by Crippen LogP contribution is -2.04. The maximum absolute atomic E-state index is 5.70. The van der Waals surface area contributed by atoms with Crippen molar-refractivity contribution in [1.82, 2.24) is 10.1 Å². The van der Waals surface area contributed by atoms with Crippen LogP contribution in [0, 0.1) is 0 Å².